The molecular formula is C37H51ClN2O5S. The number of benzene rings is 2. The lowest BCUT2D eigenvalue weighted by atomic mass is 9.59. The van der Waals surface area contributed by atoms with E-state index in [-0.39, 0.29) is 29.3 Å². The van der Waals surface area contributed by atoms with E-state index in [1.54, 1.807) is 6.07 Å². The third kappa shape index (κ3) is 7.30. The normalized spacial score (nSPS) is 32.8. The fraction of sp³-hybridized carbons (Fsp3) is 0.649. The Kier molecular flexibility index (Phi) is 11.0. The van der Waals surface area contributed by atoms with Crippen LogP contribution in [0, 0.1) is 29.6 Å². The second-order valence-corrected chi connectivity index (χ2v) is 16.2. The quantitative estimate of drug-likeness (QED) is 0.363. The van der Waals surface area contributed by atoms with Gasteiger partial charge in [-0.05, 0) is 104 Å². The van der Waals surface area contributed by atoms with E-state index in [0.717, 1.165) is 87.7 Å². The van der Waals surface area contributed by atoms with Gasteiger partial charge in [0.05, 0.1) is 30.8 Å². The Morgan fingerprint density at radius 1 is 0.957 bits per heavy atom. The first-order valence-electron chi connectivity index (χ1n) is 17.5. The smallest absolute Gasteiger partial charge is 0.263 e. The van der Waals surface area contributed by atoms with Crippen molar-refractivity contribution in [2.75, 3.05) is 37.8 Å². The maximum atomic E-state index is 13.5. The summed E-state index contributed by atoms with van der Waals surface area (Å²) in [5.74, 6) is 2.65. The molecule has 4 aliphatic rings. The number of fused-ring (bicyclic) bond motifs is 2. The zero-order valence-electron chi connectivity index (χ0n) is 27.8. The highest BCUT2D eigenvalue weighted by Crippen LogP contribution is 2.50. The minimum atomic E-state index is -1.49. The molecule has 252 valence electrons. The number of carbonyl (C=O) groups excluding carboxylic acids is 1. The Morgan fingerprint density at radius 3 is 2.52 bits per heavy atom. The SMILES string of the molecule is CCCc1cc(Cl)ccc1C1COc2ccc3cc2N(C1)CC1C(C)CC1C(C1OCCCO1)CCCC(C)C(C)S(=O)NC3=O. The Labute approximate surface area is 282 Å². The molecule has 0 radical (unpaired) electrons. The van der Waals surface area contributed by atoms with Crippen LogP contribution in [0.25, 0.3) is 0 Å². The van der Waals surface area contributed by atoms with Crippen LogP contribution in [0.4, 0.5) is 5.69 Å². The Morgan fingerprint density at radius 2 is 1.76 bits per heavy atom. The molecule has 0 spiro atoms. The number of anilines is 1. The van der Waals surface area contributed by atoms with E-state index in [2.05, 4.69) is 42.5 Å². The van der Waals surface area contributed by atoms with Crippen LogP contribution in [0.5, 0.6) is 5.75 Å². The second kappa shape index (κ2) is 15.0. The monoisotopic (exact) mass is 670 g/mol. The molecule has 2 aromatic rings. The van der Waals surface area contributed by atoms with E-state index in [0.29, 0.717) is 35.8 Å². The van der Waals surface area contributed by atoms with Crippen LogP contribution in [0.15, 0.2) is 36.4 Å². The molecule has 9 heteroatoms. The van der Waals surface area contributed by atoms with E-state index in [1.165, 1.54) is 11.1 Å². The first-order valence-corrected chi connectivity index (χ1v) is 19.1. The summed E-state index contributed by atoms with van der Waals surface area (Å²) in [7, 11) is -1.49. The number of nitrogens with zero attached hydrogens (tertiary/aromatic N) is 1. The zero-order chi connectivity index (χ0) is 32.4. The predicted octanol–water partition coefficient (Wildman–Crippen LogP) is 7.53. The molecule has 2 fully saturated rings. The highest BCUT2D eigenvalue weighted by molar-refractivity contribution is 7.84. The van der Waals surface area contributed by atoms with Crippen molar-refractivity contribution in [2.45, 2.75) is 90.1 Å². The highest BCUT2D eigenvalue weighted by atomic mass is 35.5. The molecule has 8 unspecified atom stereocenters. The van der Waals surface area contributed by atoms with Crippen molar-refractivity contribution in [3.63, 3.8) is 0 Å². The average Bonchev–Trinajstić information content (AvgIpc) is 3.23. The minimum Gasteiger partial charge on any atom is -0.491 e. The Bertz CT molecular complexity index is 1400. The van der Waals surface area contributed by atoms with Gasteiger partial charge in [-0.2, -0.15) is 0 Å². The van der Waals surface area contributed by atoms with Crippen molar-refractivity contribution in [1.29, 1.82) is 0 Å². The number of nitrogens with one attached hydrogen (secondary N) is 1. The van der Waals surface area contributed by atoms with E-state index >= 15 is 0 Å². The van der Waals surface area contributed by atoms with Crippen LogP contribution in [0.1, 0.15) is 93.6 Å². The predicted molar refractivity (Wildman–Crippen MR) is 185 cm³/mol. The molecule has 8 atom stereocenters. The van der Waals surface area contributed by atoms with E-state index in [1.807, 2.05) is 25.1 Å². The van der Waals surface area contributed by atoms with Crippen molar-refractivity contribution < 1.29 is 23.2 Å². The Balaban J connectivity index is 1.38. The standard InChI is InChI=1S/C37H51ClN2O5S/c1-5-8-26-18-29(38)12-13-30(26)28-20-40-21-33-24(3)17-32(33)31(37-43-15-7-16-44-37)10-6-9-23(2)25(4)46(42)39-36(41)27-11-14-35(45-22-28)34(40)19-27/h11-14,18-19,23-25,28,31-33,37H,5-10,15-17,20-22H2,1-4H3,(H,39,41). The number of ether oxygens (including phenoxy) is 3. The lowest BCUT2D eigenvalue weighted by Crippen LogP contribution is -2.51. The van der Waals surface area contributed by atoms with E-state index in [9.17, 15) is 9.00 Å². The van der Waals surface area contributed by atoms with Crippen LogP contribution < -0.4 is 14.4 Å². The molecule has 46 heavy (non-hydrogen) atoms. The molecule has 6 rings (SSSR count). The summed E-state index contributed by atoms with van der Waals surface area (Å²) in [6.07, 6.45) is 6.92. The van der Waals surface area contributed by atoms with Gasteiger partial charge in [-0.25, -0.2) is 4.21 Å². The molecule has 1 N–H and O–H groups in total. The number of amides is 1. The molecular weight excluding hydrogens is 620 g/mol. The molecule has 1 amide bonds. The van der Waals surface area contributed by atoms with Gasteiger partial charge in [0, 0.05) is 35.5 Å². The third-order valence-electron chi connectivity index (χ3n) is 11.1. The Hall–Kier alpha value is -2.13. The van der Waals surface area contributed by atoms with Gasteiger partial charge in [0.1, 0.15) is 16.7 Å². The van der Waals surface area contributed by atoms with Gasteiger partial charge in [0.25, 0.3) is 5.91 Å². The molecule has 7 nitrogen and oxygen atoms in total. The first kappa shape index (κ1) is 33.8. The fourth-order valence-electron chi connectivity index (χ4n) is 8.19. The number of hydrogen-bond donors (Lipinski definition) is 1. The fourth-order valence-corrected chi connectivity index (χ4v) is 9.43. The summed E-state index contributed by atoms with van der Waals surface area (Å²) >= 11 is 6.46. The number of carbonyl (C=O) groups is 1. The second-order valence-electron chi connectivity index (χ2n) is 14.2. The van der Waals surface area contributed by atoms with Crippen LogP contribution in [0.3, 0.4) is 0 Å². The molecule has 1 saturated heterocycles. The summed E-state index contributed by atoms with van der Waals surface area (Å²) < 4.78 is 35.3. The molecule has 0 aromatic heterocycles. The summed E-state index contributed by atoms with van der Waals surface area (Å²) in [6.45, 7) is 12.4. The maximum Gasteiger partial charge on any atom is 0.263 e. The largest absolute Gasteiger partial charge is 0.491 e. The average molecular weight is 671 g/mol. The maximum absolute atomic E-state index is 13.5. The number of aryl methyl sites for hydroxylation is 1. The molecule has 2 bridgehead atoms. The molecule has 2 aromatic carbocycles. The van der Waals surface area contributed by atoms with E-state index < -0.39 is 11.0 Å². The van der Waals surface area contributed by atoms with Gasteiger partial charge in [0.2, 0.25) is 0 Å². The van der Waals surface area contributed by atoms with Gasteiger partial charge in [-0.15, -0.1) is 0 Å². The first-order chi connectivity index (χ1) is 22.2. The van der Waals surface area contributed by atoms with E-state index in [4.69, 9.17) is 25.8 Å². The summed E-state index contributed by atoms with van der Waals surface area (Å²) in [5, 5.41) is 0.600. The van der Waals surface area contributed by atoms with Gasteiger partial charge >= 0.3 is 0 Å². The van der Waals surface area contributed by atoms with Crippen molar-refractivity contribution >= 4 is 34.2 Å². The van der Waals surface area contributed by atoms with Crippen molar-refractivity contribution in [1.82, 2.24) is 4.72 Å². The summed E-state index contributed by atoms with van der Waals surface area (Å²) in [4.78, 5) is 15.9. The van der Waals surface area contributed by atoms with Crippen LogP contribution in [-0.4, -0.2) is 54.6 Å². The van der Waals surface area contributed by atoms with Gasteiger partial charge in [0.15, 0.2) is 6.29 Å². The van der Waals surface area contributed by atoms with Crippen LogP contribution in [-0.2, 0) is 26.9 Å². The highest BCUT2D eigenvalue weighted by Gasteiger charge is 2.47. The van der Waals surface area contributed by atoms with Crippen molar-refractivity contribution in [3.8, 4) is 5.75 Å². The van der Waals surface area contributed by atoms with Gasteiger partial charge < -0.3 is 19.1 Å². The zero-order valence-corrected chi connectivity index (χ0v) is 29.4. The minimum absolute atomic E-state index is 0.138. The molecule has 1 saturated carbocycles. The lowest BCUT2D eigenvalue weighted by Gasteiger charge is -2.51. The lowest BCUT2D eigenvalue weighted by molar-refractivity contribution is -0.227. The van der Waals surface area contributed by atoms with Crippen LogP contribution >= 0.6 is 11.6 Å². The molecule has 3 aliphatic heterocycles. The topological polar surface area (TPSA) is 77.1 Å². The van der Waals surface area contributed by atoms with Gasteiger partial charge in [-0.3, -0.25) is 9.52 Å². The number of hydrogen-bond acceptors (Lipinski definition) is 6. The summed E-state index contributed by atoms with van der Waals surface area (Å²) in [5.41, 5.74) is 3.99. The number of rotatable bonds is 4. The van der Waals surface area contributed by atoms with Crippen molar-refractivity contribution in [3.05, 3.63) is 58.1 Å². The third-order valence-corrected chi connectivity index (χ3v) is 12.9. The molecule has 3 heterocycles. The van der Waals surface area contributed by atoms with Crippen LogP contribution in [0.2, 0.25) is 5.02 Å². The van der Waals surface area contributed by atoms with Crippen molar-refractivity contribution in [2.24, 2.45) is 29.6 Å². The summed E-state index contributed by atoms with van der Waals surface area (Å²) in [6, 6.07) is 11.9. The van der Waals surface area contributed by atoms with Gasteiger partial charge in [-0.1, -0.05) is 51.3 Å². The number of halogens is 1. The molecule has 1 aliphatic carbocycles.